The monoisotopic (exact) mass is 486 g/mol. The molecule has 0 saturated heterocycles. The zero-order chi connectivity index (χ0) is 25.6. The lowest BCUT2D eigenvalue weighted by molar-refractivity contribution is -0.145. The molecule has 0 bridgehead atoms. The quantitative estimate of drug-likeness (QED) is 0.275. The van der Waals surface area contributed by atoms with Crippen LogP contribution in [-0.4, -0.2) is 59.5 Å². The van der Waals surface area contributed by atoms with E-state index in [2.05, 4.69) is 20.6 Å². The van der Waals surface area contributed by atoms with E-state index in [9.17, 15) is 14.6 Å². The van der Waals surface area contributed by atoms with Crippen molar-refractivity contribution in [2.24, 2.45) is 0 Å². The van der Waals surface area contributed by atoms with E-state index in [4.69, 9.17) is 18.9 Å². The smallest absolute Gasteiger partial charge is 0.466 e. The van der Waals surface area contributed by atoms with Crippen molar-refractivity contribution < 1.29 is 33.5 Å². The second kappa shape index (κ2) is 11.4. The Kier molecular flexibility index (Phi) is 8.52. The minimum Gasteiger partial charge on any atom is -0.466 e. The first-order chi connectivity index (χ1) is 16.6. The number of carbonyl (C=O) groups excluding carboxylic acids is 2. The summed E-state index contributed by atoms with van der Waals surface area (Å²) in [6, 6.07) is 5.06. The Morgan fingerprint density at radius 3 is 2.74 bits per heavy atom. The number of hydrogen-bond donors (Lipinski definition) is 3. The van der Waals surface area contributed by atoms with E-state index in [1.54, 1.807) is 52.1 Å². The van der Waals surface area contributed by atoms with Crippen molar-refractivity contribution in [1.82, 2.24) is 15.3 Å². The second-order valence-corrected chi connectivity index (χ2v) is 8.91. The predicted octanol–water partition coefficient (Wildman–Crippen LogP) is 2.23. The number of rotatable bonds is 9. The first kappa shape index (κ1) is 26.2. The summed E-state index contributed by atoms with van der Waals surface area (Å²) in [6.07, 6.45) is 0.472. The number of nitrogens with zero attached hydrogens (tertiary/aromatic N) is 2. The Morgan fingerprint density at radius 2 is 2.03 bits per heavy atom. The van der Waals surface area contributed by atoms with Crippen molar-refractivity contribution >= 4 is 30.6 Å². The number of benzene rings is 1. The Hall–Kier alpha value is -3.38. The summed E-state index contributed by atoms with van der Waals surface area (Å²) in [5.74, 6) is 0.680. The Morgan fingerprint density at radius 1 is 1.26 bits per heavy atom. The van der Waals surface area contributed by atoms with E-state index in [1.807, 2.05) is 6.92 Å². The zero-order valence-corrected chi connectivity index (χ0v) is 20.6. The Balaban J connectivity index is 1.60. The summed E-state index contributed by atoms with van der Waals surface area (Å²) in [6.45, 7) is 9.95. The summed E-state index contributed by atoms with van der Waals surface area (Å²) in [7, 11) is -1.17. The minimum atomic E-state index is -1.17. The van der Waals surface area contributed by atoms with Crippen LogP contribution in [0, 0.1) is 6.92 Å². The Labute approximate surface area is 204 Å². The second-order valence-electron chi connectivity index (χ2n) is 8.91. The molecule has 12 heteroatoms. The highest BCUT2D eigenvalue weighted by molar-refractivity contribution is 6.62. The lowest BCUT2D eigenvalue weighted by Gasteiger charge is -2.19. The number of hydrogen-bond acceptors (Lipinski definition) is 10. The summed E-state index contributed by atoms with van der Waals surface area (Å²) < 4.78 is 21.6. The molecule has 0 aliphatic carbocycles. The van der Waals surface area contributed by atoms with Crippen LogP contribution < -0.4 is 20.8 Å². The number of amides is 1. The van der Waals surface area contributed by atoms with E-state index in [0.29, 0.717) is 36.1 Å². The van der Waals surface area contributed by atoms with Crippen molar-refractivity contribution in [2.45, 2.75) is 52.7 Å². The predicted molar refractivity (Wildman–Crippen MR) is 129 cm³/mol. The molecule has 1 unspecified atom stereocenters. The van der Waals surface area contributed by atoms with Gasteiger partial charge in [-0.2, -0.15) is 4.98 Å². The number of carbonyl (C=O) groups is 2. The SMILES string of the molecule is CCOC(=O)CC1OB(O)c2cc(Oc3ccnc(NCCNC(=O)OC(C)(C)C)n3)cc(C)c21. The topological polar surface area (TPSA) is 141 Å². The van der Waals surface area contributed by atoms with Crippen LogP contribution in [0.4, 0.5) is 10.7 Å². The fraction of sp³-hybridized carbons (Fsp3) is 0.478. The summed E-state index contributed by atoms with van der Waals surface area (Å²) in [5.41, 5.74) is 1.53. The molecular formula is C23H31BN4O7. The maximum Gasteiger partial charge on any atom is 0.492 e. The molecule has 1 atom stereocenters. The van der Waals surface area contributed by atoms with Gasteiger partial charge in [0.1, 0.15) is 11.4 Å². The number of ether oxygens (including phenoxy) is 3. The molecule has 0 spiro atoms. The van der Waals surface area contributed by atoms with E-state index in [-0.39, 0.29) is 19.0 Å². The minimum absolute atomic E-state index is 0.0165. The molecule has 35 heavy (non-hydrogen) atoms. The number of anilines is 1. The van der Waals surface area contributed by atoms with Gasteiger partial charge in [-0.05, 0) is 63.3 Å². The van der Waals surface area contributed by atoms with Crippen molar-refractivity contribution in [2.75, 3.05) is 25.0 Å². The van der Waals surface area contributed by atoms with Gasteiger partial charge in [0, 0.05) is 25.4 Å². The summed E-state index contributed by atoms with van der Waals surface area (Å²) >= 11 is 0. The maximum absolute atomic E-state index is 11.9. The Bertz CT molecular complexity index is 1060. The standard InChI is InChI=1S/C23H31BN4O7/c1-6-32-19(29)13-17-20-14(2)11-15(12-16(20)24(31)35-17)33-18-7-8-25-21(28-18)26-9-10-27-22(30)34-23(3,4)5/h7-8,11-12,17,31H,6,9-10,13H2,1-5H3,(H,27,30)(H,25,26,28). The molecular weight excluding hydrogens is 455 g/mol. The zero-order valence-electron chi connectivity index (χ0n) is 20.6. The third-order valence-corrected chi connectivity index (χ3v) is 4.86. The number of nitrogens with one attached hydrogen (secondary N) is 2. The van der Waals surface area contributed by atoms with Crippen LogP contribution in [-0.2, 0) is 18.9 Å². The molecule has 1 aliphatic rings. The third kappa shape index (κ3) is 7.56. The molecule has 1 aromatic carbocycles. The third-order valence-electron chi connectivity index (χ3n) is 4.86. The molecule has 1 amide bonds. The molecule has 0 fully saturated rings. The fourth-order valence-electron chi connectivity index (χ4n) is 3.57. The van der Waals surface area contributed by atoms with Crippen molar-refractivity contribution in [1.29, 1.82) is 0 Å². The number of aromatic nitrogens is 2. The lowest BCUT2D eigenvalue weighted by atomic mass is 9.77. The van der Waals surface area contributed by atoms with Gasteiger partial charge in [0.2, 0.25) is 11.8 Å². The van der Waals surface area contributed by atoms with E-state index in [0.717, 1.165) is 11.1 Å². The van der Waals surface area contributed by atoms with Gasteiger partial charge in [-0.1, -0.05) is 0 Å². The molecule has 1 aromatic heterocycles. The van der Waals surface area contributed by atoms with Crippen molar-refractivity contribution in [3.8, 4) is 11.6 Å². The van der Waals surface area contributed by atoms with E-state index < -0.39 is 24.9 Å². The van der Waals surface area contributed by atoms with Crippen LogP contribution in [0.3, 0.4) is 0 Å². The van der Waals surface area contributed by atoms with Crippen LogP contribution in [0.1, 0.15) is 51.3 Å². The molecule has 11 nitrogen and oxygen atoms in total. The van der Waals surface area contributed by atoms with Gasteiger partial charge in [-0.3, -0.25) is 4.79 Å². The highest BCUT2D eigenvalue weighted by Crippen LogP contribution is 2.33. The van der Waals surface area contributed by atoms with Crippen molar-refractivity contribution in [3.63, 3.8) is 0 Å². The van der Waals surface area contributed by atoms with Gasteiger partial charge in [-0.25, -0.2) is 9.78 Å². The molecule has 1 aliphatic heterocycles. The molecule has 3 rings (SSSR count). The molecule has 0 saturated carbocycles. The van der Waals surface area contributed by atoms with Gasteiger partial charge in [0.25, 0.3) is 0 Å². The molecule has 2 heterocycles. The average molecular weight is 486 g/mol. The van der Waals surface area contributed by atoms with Gasteiger partial charge in [0.15, 0.2) is 0 Å². The molecule has 2 aromatic rings. The van der Waals surface area contributed by atoms with Crippen LogP contribution in [0.2, 0.25) is 0 Å². The number of aryl methyl sites for hydroxylation is 1. The van der Waals surface area contributed by atoms with Gasteiger partial charge in [-0.15, -0.1) is 0 Å². The molecule has 0 radical (unpaired) electrons. The van der Waals surface area contributed by atoms with E-state index in [1.165, 1.54) is 0 Å². The first-order valence-corrected chi connectivity index (χ1v) is 11.4. The van der Waals surface area contributed by atoms with Gasteiger partial charge >= 0.3 is 19.2 Å². The van der Waals surface area contributed by atoms with Crippen molar-refractivity contribution in [3.05, 3.63) is 35.5 Å². The van der Waals surface area contributed by atoms with Crippen LogP contribution >= 0.6 is 0 Å². The average Bonchev–Trinajstić information content (AvgIpc) is 3.06. The van der Waals surface area contributed by atoms with E-state index >= 15 is 0 Å². The summed E-state index contributed by atoms with van der Waals surface area (Å²) in [4.78, 5) is 32.1. The van der Waals surface area contributed by atoms with Gasteiger partial charge < -0.3 is 34.5 Å². The lowest BCUT2D eigenvalue weighted by Crippen LogP contribution is -2.35. The van der Waals surface area contributed by atoms with Crippen LogP contribution in [0.25, 0.3) is 0 Å². The fourth-order valence-corrected chi connectivity index (χ4v) is 3.57. The van der Waals surface area contributed by atoms with Crippen LogP contribution in [0.5, 0.6) is 11.6 Å². The highest BCUT2D eigenvalue weighted by Gasteiger charge is 2.38. The summed E-state index contributed by atoms with van der Waals surface area (Å²) in [5, 5.41) is 16.0. The normalized spacial score (nSPS) is 14.8. The number of fused-ring (bicyclic) bond motifs is 1. The number of alkyl carbamates (subject to hydrolysis) is 1. The number of esters is 1. The molecule has 188 valence electrons. The highest BCUT2D eigenvalue weighted by atomic mass is 16.6. The molecule has 3 N–H and O–H groups in total. The van der Waals surface area contributed by atoms with Crippen LogP contribution in [0.15, 0.2) is 24.4 Å². The largest absolute Gasteiger partial charge is 0.492 e. The first-order valence-electron chi connectivity index (χ1n) is 11.4. The van der Waals surface area contributed by atoms with Gasteiger partial charge in [0.05, 0.1) is 19.1 Å². The maximum atomic E-state index is 11.9.